The van der Waals surface area contributed by atoms with E-state index in [4.69, 9.17) is 9.47 Å². The van der Waals surface area contributed by atoms with Gasteiger partial charge in [0.25, 0.3) is 10.0 Å². The Hall–Kier alpha value is -4.05. The van der Waals surface area contributed by atoms with Gasteiger partial charge in [0.05, 0.1) is 24.8 Å². The molecule has 0 saturated carbocycles. The molecular formula is C31H39N3O6S. The minimum absolute atomic E-state index is 0.0604. The van der Waals surface area contributed by atoms with Gasteiger partial charge in [-0.1, -0.05) is 36.4 Å². The molecule has 9 nitrogen and oxygen atoms in total. The Morgan fingerprint density at radius 2 is 1.54 bits per heavy atom. The highest BCUT2D eigenvalue weighted by molar-refractivity contribution is 7.92. The molecule has 0 spiro atoms. The van der Waals surface area contributed by atoms with Crippen molar-refractivity contribution < 1.29 is 27.5 Å². The number of likely N-dealkylation sites (N-methyl/N-ethyl adjacent to an activating group) is 1. The van der Waals surface area contributed by atoms with E-state index in [0.717, 1.165) is 21.0 Å². The van der Waals surface area contributed by atoms with Gasteiger partial charge in [0, 0.05) is 19.2 Å². The second kappa shape index (κ2) is 14.0. The molecule has 0 radical (unpaired) electrons. The fourth-order valence-corrected chi connectivity index (χ4v) is 6.03. The summed E-state index contributed by atoms with van der Waals surface area (Å²) in [5.74, 6) is -0.185. The maximum atomic E-state index is 14.1. The molecule has 10 heteroatoms. The number of rotatable bonds is 13. The molecule has 0 heterocycles. The molecule has 1 atom stereocenters. The van der Waals surface area contributed by atoms with Crippen molar-refractivity contribution in [1.29, 1.82) is 0 Å². The minimum atomic E-state index is -4.25. The number of amides is 2. The topological polar surface area (TPSA) is 105 Å². The van der Waals surface area contributed by atoms with Crippen molar-refractivity contribution in [3.05, 3.63) is 83.4 Å². The van der Waals surface area contributed by atoms with Crippen molar-refractivity contribution in [2.75, 3.05) is 38.2 Å². The van der Waals surface area contributed by atoms with Crippen molar-refractivity contribution in [1.82, 2.24) is 10.2 Å². The number of hydrogen-bond donors (Lipinski definition) is 1. The van der Waals surface area contributed by atoms with Crippen LogP contribution in [0.1, 0.15) is 30.5 Å². The first kappa shape index (κ1) is 31.5. The minimum Gasteiger partial charge on any atom is -0.493 e. The largest absolute Gasteiger partial charge is 0.493 e. The zero-order chi connectivity index (χ0) is 30.2. The van der Waals surface area contributed by atoms with Crippen LogP contribution < -0.4 is 19.1 Å². The number of carbonyl (C=O) groups excluding carboxylic acids is 2. The zero-order valence-electron chi connectivity index (χ0n) is 24.5. The summed E-state index contributed by atoms with van der Waals surface area (Å²) >= 11 is 0. The molecular weight excluding hydrogens is 542 g/mol. The summed E-state index contributed by atoms with van der Waals surface area (Å²) in [6, 6.07) is 18.5. The Morgan fingerprint density at radius 3 is 2.12 bits per heavy atom. The number of methoxy groups -OCH3 is 2. The summed E-state index contributed by atoms with van der Waals surface area (Å²) < 4.78 is 40.0. The molecule has 0 unspecified atom stereocenters. The monoisotopic (exact) mass is 581 g/mol. The first-order valence-corrected chi connectivity index (χ1v) is 14.9. The average molecular weight is 582 g/mol. The molecule has 2 amide bonds. The Morgan fingerprint density at radius 1 is 0.902 bits per heavy atom. The molecule has 0 aromatic heterocycles. The summed E-state index contributed by atoms with van der Waals surface area (Å²) in [6.45, 7) is 7.32. The van der Waals surface area contributed by atoms with E-state index in [-0.39, 0.29) is 23.1 Å². The molecule has 3 rings (SSSR count). The van der Waals surface area contributed by atoms with Gasteiger partial charge in [-0.2, -0.15) is 0 Å². The Labute approximate surface area is 243 Å². The van der Waals surface area contributed by atoms with Crippen molar-refractivity contribution in [2.24, 2.45) is 0 Å². The number of nitrogens with one attached hydrogen (secondary N) is 1. The van der Waals surface area contributed by atoms with Gasteiger partial charge in [-0.3, -0.25) is 13.9 Å². The van der Waals surface area contributed by atoms with E-state index in [1.807, 2.05) is 50.2 Å². The van der Waals surface area contributed by atoms with Crippen LogP contribution in [0.25, 0.3) is 0 Å². The highest BCUT2D eigenvalue weighted by Crippen LogP contribution is 2.33. The van der Waals surface area contributed by atoms with Crippen LogP contribution in [0.15, 0.2) is 71.6 Å². The maximum absolute atomic E-state index is 14.1. The molecule has 0 aliphatic rings. The molecule has 3 aromatic rings. The van der Waals surface area contributed by atoms with E-state index in [1.54, 1.807) is 26.0 Å². The quantitative estimate of drug-likeness (QED) is 0.326. The first-order valence-electron chi connectivity index (χ1n) is 13.5. The van der Waals surface area contributed by atoms with E-state index in [2.05, 4.69) is 5.32 Å². The zero-order valence-corrected chi connectivity index (χ0v) is 25.3. The van der Waals surface area contributed by atoms with Gasteiger partial charge < -0.3 is 19.7 Å². The molecule has 0 fully saturated rings. The van der Waals surface area contributed by atoms with Gasteiger partial charge in [0.1, 0.15) is 12.6 Å². The third-order valence-corrected chi connectivity index (χ3v) is 8.49. The van der Waals surface area contributed by atoms with Gasteiger partial charge in [-0.25, -0.2) is 8.42 Å². The lowest BCUT2D eigenvalue weighted by atomic mass is 10.1. The number of ether oxygens (including phenoxy) is 2. The SMILES string of the molecule is CCNC(=O)[C@H](C)N(CCc1ccccc1)C(=O)CN(c1cc(C)cc(C)c1)S(=O)(=O)c1ccc(OC)c(OC)c1. The van der Waals surface area contributed by atoms with E-state index in [1.165, 1.54) is 37.3 Å². The van der Waals surface area contributed by atoms with E-state index in [0.29, 0.717) is 24.4 Å². The molecule has 3 aromatic carbocycles. The van der Waals surface area contributed by atoms with Crippen LogP contribution in [0.5, 0.6) is 11.5 Å². The van der Waals surface area contributed by atoms with Crippen LogP contribution in [0, 0.1) is 13.8 Å². The number of carbonyl (C=O) groups is 2. The van der Waals surface area contributed by atoms with Crippen molar-refractivity contribution >= 4 is 27.5 Å². The summed E-state index contributed by atoms with van der Waals surface area (Å²) in [6.07, 6.45) is 0.502. The van der Waals surface area contributed by atoms with Crippen LogP contribution in [0.2, 0.25) is 0 Å². The smallest absolute Gasteiger partial charge is 0.264 e. The molecule has 41 heavy (non-hydrogen) atoms. The molecule has 1 N–H and O–H groups in total. The molecule has 0 aliphatic carbocycles. The lowest BCUT2D eigenvalue weighted by molar-refractivity contribution is -0.138. The highest BCUT2D eigenvalue weighted by Gasteiger charge is 2.33. The predicted octanol–water partition coefficient (Wildman–Crippen LogP) is 4.11. The summed E-state index contributed by atoms with van der Waals surface area (Å²) in [7, 11) is -1.36. The number of benzene rings is 3. The van der Waals surface area contributed by atoms with Crippen LogP contribution in [-0.2, 0) is 26.0 Å². The van der Waals surface area contributed by atoms with Crippen molar-refractivity contribution in [3.63, 3.8) is 0 Å². The summed E-state index contributed by atoms with van der Waals surface area (Å²) in [4.78, 5) is 28.2. The number of aryl methyl sites for hydroxylation is 2. The van der Waals surface area contributed by atoms with Crippen molar-refractivity contribution in [2.45, 2.75) is 45.1 Å². The van der Waals surface area contributed by atoms with Crippen molar-refractivity contribution in [3.8, 4) is 11.5 Å². The van der Waals surface area contributed by atoms with Crippen LogP contribution >= 0.6 is 0 Å². The maximum Gasteiger partial charge on any atom is 0.264 e. The van der Waals surface area contributed by atoms with Crippen LogP contribution in [-0.4, -0.2) is 65.0 Å². The Kier molecular flexibility index (Phi) is 10.8. The number of hydrogen-bond acceptors (Lipinski definition) is 6. The van der Waals surface area contributed by atoms with E-state index >= 15 is 0 Å². The Bertz CT molecular complexity index is 1440. The lowest BCUT2D eigenvalue weighted by Crippen LogP contribution is -2.52. The first-order chi connectivity index (χ1) is 19.5. The normalized spacial score (nSPS) is 11.9. The van der Waals surface area contributed by atoms with E-state index < -0.39 is 28.5 Å². The fraction of sp³-hybridized carbons (Fsp3) is 0.355. The van der Waals surface area contributed by atoms with Gasteiger partial charge >= 0.3 is 0 Å². The molecule has 0 bridgehead atoms. The molecule has 0 saturated heterocycles. The third kappa shape index (κ3) is 7.79. The average Bonchev–Trinajstić information content (AvgIpc) is 2.95. The number of nitrogens with zero attached hydrogens (tertiary/aromatic N) is 2. The van der Waals surface area contributed by atoms with Gasteiger partial charge in [-0.15, -0.1) is 0 Å². The third-order valence-electron chi connectivity index (χ3n) is 6.72. The van der Waals surface area contributed by atoms with E-state index in [9.17, 15) is 18.0 Å². The van der Waals surface area contributed by atoms with Crippen LogP contribution in [0.3, 0.4) is 0 Å². The lowest BCUT2D eigenvalue weighted by Gasteiger charge is -2.32. The molecule has 220 valence electrons. The standard InChI is InChI=1S/C31H39N3O6S/c1-7-32-31(36)24(4)33(16-15-25-11-9-8-10-12-25)30(35)21-34(26-18-22(2)17-23(3)19-26)41(37,38)27-13-14-28(39-5)29(20-27)40-6/h8-14,17-20,24H,7,15-16,21H2,1-6H3,(H,32,36)/t24-/m0/s1. The Balaban J connectivity index is 2.06. The second-order valence-corrected chi connectivity index (χ2v) is 11.6. The molecule has 0 aliphatic heterocycles. The predicted molar refractivity (Wildman–Crippen MR) is 160 cm³/mol. The summed E-state index contributed by atoms with van der Waals surface area (Å²) in [5.41, 5.74) is 3.03. The second-order valence-electron chi connectivity index (χ2n) is 9.77. The fourth-order valence-electron chi connectivity index (χ4n) is 4.62. The van der Waals surface area contributed by atoms with Gasteiger partial charge in [-0.05, 0) is 75.1 Å². The number of anilines is 1. The van der Waals surface area contributed by atoms with Gasteiger partial charge in [0.2, 0.25) is 11.8 Å². The highest BCUT2D eigenvalue weighted by atomic mass is 32.2. The number of sulfonamides is 1. The summed E-state index contributed by atoms with van der Waals surface area (Å²) in [5, 5.41) is 2.77. The van der Waals surface area contributed by atoms with Crippen LogP contribution in [0.4, 0.5) is 5.69 Å². The van der Waals surface area contributed by atoms with Gasteiger partial charge in [0.15, 0.2) is 11.5 Å².